The molecule has 0 aliphatic carbocycles. The van der Waals surface area contributed by atoms with Gasteiger partial charge < -0.3 is 10.1 Å². The van der Waals surface area contributed by atoms with Gasteiger partial charge in [-0.25, -0.2) is 0 Å². The van der Waals surface area contributed by atoms with E-state index in [0.717, 1.165) is 18.2 Å². The zero-order valence-corrected chi connectivity index (χ0v) is 13.1. The van der Waals surface area contributed by atoms with Gasteiger partial charge in [0.25, 0.3) is 0 Å². The summed E-state index contributed by atoms with van der Waals surface area (Å²) in [5.41, 5.74) is 2.60. The zero-order valence-electron chi connectivity index (χ0n) is 13.1. The van der Waals surface area contributed by atoms with E-state index in [1.165, 1.54) is 30.4 Å². The lowest BCUT2D eigenvalue weighted by molar-refractivity contribution is 0.409. The molecule has 0 spiro atoms. The number of hydrogen-bond donors (Lipinski definition) is 1. The summed E-state index contributed by atoms with van der Waals surface area (Å²) in [6, 6.07) is 7.00. The third-order valence-electron chi connectivity index (χ3n) is 3.49. The first-order chi connectivity index (χ1) is 9.08. The van der Waals surface area contributed by atoms with Crippen molar-refractivity contribution < 1.29 is 4.74 Å². The summed E-state index contributed by atoms with van der Waals surface area (Å²) in [6.07, 6.45) is 3.63. The highest BCUT2D eigenvalue weighted by atomic mass is 16.5. The van der Waals surface area contributed by atoms with Gasteiger partial charge in [0.15, 0.2) is 0 Å². The molecule has 0 aliphatic rings. The van der Waals surface area contributed by atoms with E-state index in [4.69, 9.17) is 4.74 Å². The number of hydrogen-bond acceptors (Lipinski definition) is 2. The van der Waals surface area contributed by atoms with Crippen LogP contribution >= 0.6 is 0 Å². The zero-order chi connectivity index (χ0) is 14.3. The quantitative estimate of drug-likeness (QED) is 0.746. The number of rotatable bonds is 8. The standard InChI is InChI=1S/C17H29NO/c1-6-11-18-16(9-7-13(2)3)15-8-10-17(19-5)14(4)12-15/h8,10,12-13,16,18H,6-7,9,11H2,1-5H3. The first-order valence-corrected chi connectivity index (χ1v) is 7.46. The highest BCUT2D eigenvalue weighted by Crippen LogP contribution is 2.26. The molecule has 1 aromatic carbocycles. The van der Waals surface area contributed by atoms with Gasteiger partial charge in [0.05, 0.1) is 7.11 Å². The molecule has 1 aromatic rings. The Kier molecular flexibility index (Phi) is 6.93. The van der Waals surface area contributed by atoms with Crippen LogP contribution in [0.5, 0.6) is 5.75 Å². The topological polar surface area (TPSA) is 21.3 Å². The van der Waals surface area contributed by atoms with Crippen molar-refractivity contribution in [2.75, 3.05) is 13.7 Å². The summed E-state index contributed by atoms with van der Waals surface area (Å²) in [5, 5.41) is 3.66. The molecule has 0 fully saturated rings. The molecule has 0 saturated heterocycles. The predicted octanol–water partition coefficient (Wildman–Crippen LogP) is 4.48. The van der Waals surface area contributed by atoms with Gasteiger partial charge in [0, 0.05) is 6.04 Å². The second-order valence-corrected chi connectivity index (χ2v) is 5.71. The van der Waals surface area contributed by atoms with Crippen molar-refractivity contribution in [2.45, 2.75) is 53.0 Å². The van der Waals surface area contributed by atoms with E-state index >= 15 is 0 Å². The van der Waals surface area contributed by atoms with Crippen LogP contribution in [0, 0.1) is 12.8 Å². The van der Waals surface area contributed by atoms with E-state index in [-0.39, 0.29) is 0 Å². The van der Waals surface area contributed by atoms with Gasteiger partial charge in [-0.05, 0) is 55.8 Å². The molecule has 108 valence electrons. The Morgan fingerprint density at radius 2 is 1.95 bits per heavy atom. The lowest BCUT2D eigenvalue weighted by Gasteiger charge is -2.21. The third kappa shape index (κ3) is 5.23. The second-order valence-electron chi connectivity index (χ2n) is 5.71. The molecular formula is C17H29NO. The van der Waals surface area contributed by atoms with Crippen molar-refractivity contribution in [1.82, 2.24) is 5.32 Å². The minimum Gasteiger partial charge on any atom is -0.496 e. The van der Waals surface area contributed by atoms with Crippen molar-refractivity contribution in [1.29, 1.82) is 0 Å². The first kappa shape index (κ1) is 16.0. The van der Waals surface area contributed by atoms with Crippen LogP contribution in [0.25, 0.3) is 0 Å². The van der Waals surface area contributed by atoms with E-state index in [1.807, 2.05) is 0 Å². The molecule has 0 aliphatic heterocycles. The van der Waals surface area contributed by atoms with Gasteiger partial charge in [-0.15, -0.1) is 0 Å². The van der Waals surface area contributed by atoms with Gasteiger partial charge in [0.2, 0.25) is 0 Å². The van der Waals surface area contributed by atoms with Crippen LogP contribution in [-0.2, 0) is 0 Å². The summed E-state index contributed by atoms with van der Waals surface area (Å²) in [5.74, 6) is 1.73. The number of methoxy groups -OCH3 is 1. The summed E-state index contributed by atoms with van der Waals surface area (Å²) in [7, 11) is 1.73. The van der Waals surface area contributed by atoms with Gasteiger partial charge in [-0.1, -0.05) is 32.9 Å². The molecular weight excluding hydrogens is 234 g/mol. The molecule has 2 nitrogen and oxygen atoms in total. The van der Waals surface area contributed by atoms with E-state index in [0.29, 0.717) is 6.04 Å². The highest BCUT2D eigenvalue weighted by Gasteiger charge is 2.12. The number of aryl methyl sites for hydroxylation is 1. The fraction of sp³-hybridized carbons (Fsp3) is 0.647. The Labute approximate surface area is 118 Å². The molecule has 0 saturated carbocycles. The van der Waals surface area contributed by atoms with Crippen molar-refractivity contribution in [3.05, 3.63) is 29.3 Å². The fourth-order valence-electron chi connectivity index (χ4n) is 2.32. The maximum absolute atomic E-state index is 5.34. The molecule has 1 rings (SSSR count). The van der Waals surface area contributed by atoms with Crippen molar-refractivity contribution in [2.24, 2.45) is 5.92 Å². The van der Waals surface area contributed by atoms with Crippen LogP contribution < -0.4 is 10.1 Å². The Bertz CT molecular complexity index is 374. The number of ether oxygens (including phenoxy) is 1. The number of benzene rings is 1. The fourth-order valence-corrected chi connectivity index (χ4v) is 2.32. The third-order valence-corrected chi connectivity index (χ3v) is 3.49. The van der Waals surface area contributed by atoms with Gasteiger partial charge in [0.1, 0.15) is 5.75 Å². The summed E-state index contributed by atoms with van der Waals surface area (Å²) >= 11 is 0. The predicted molar refractivity (Wildman–Crippen MR) is 82.8 cm³/mol. The van der Waals surface area contributed by atoms with Gasteiger partial charge in [-0.3, -0.25) is 0 Å². The monoisotopic (exact) mass is 263 g/mol. The Morgan fingerprint density at radius 3 is 2.47 bits per heavy atom. The molecule has 19 heavy (non-hydrogen) atoms. The van der Waals surface area contributed by atoms with E-state index < -0.39 is 0 Å². The first-order valence-electron chi connectivity index (χ1n) is 7.46. The minimum absolute atomic E-state index is 0.465. The lowest BCUT2D eigenvalue weighted by atomic mass is 9.96. The van der Waals surface area contributed by atoms with E-state index in [1.54, 1.807) is 7.11 Å². The minimum atomic E-state index is 0.465. The Morgan fingerprint density at radius 1 is 1.21 bits per heavy atom. The Balaban J connectivity index is 2.80. The molecule has 1 unspecified atom stereocenters. The SMILES string of the molecule is CCCNC(CCC(C)C)c1ccc(OC)c(C)c1. The highest BCUT2D eigenvalue weighted by molar-refractivity contribution is 5.37. The maximum Gasteiger partial charge on any atom is 0.121 e. The van der Waals surface area contributed by atoms with Crippen LogP contribution in [0.3, 0.4) is 0 Å². The molecule has 0 bridgehead atoms. The molecule has 1 N–H and O–H groups in total. The largest absolute Gasteiger partial charge is 0.496 e. The molecule has 0 heterocycles. The van der Waals surface area contributed by atoms with Crippen LogP contribution in [0.2, 0.25) is 0 Å². The molecule has 0 amide bonds. The smallest absolute Gasteiger partial charge is 0.121 e. The Hall–Kier alpha value is -1.02. The van der Waals surface area contributed by atoms with Crippen molar-refractivity contribution in [3.63, 3.8) is 0 Å². The molecule has 1 atom stereocenters. The summed E-state index contributed by atoms with van der Waals surface area (Å²) in [6.45, 7) is 9.98. The van der Waals surface area contributed by atoms with Crippen molar-refractivity contribution >= 4 is 0 Å². The van der Waals surface area contributed by atoms with Crippen LogP contribution in [0.1, 0.15) is 57.2 Å². The average molecular weight is 263 g/mol. The van der Waals surface area contributed by atoms with Gasteiger partial charge >= 0.3 is 0 Å². The second kappa shape index (κ2) is 8.21. The van der Waals surface area contributed by atoms with Crippen LogP contribution in [-0.4, -0.2) is 13.7 Å². The van der Waals surface area contributed by atoms with Gasteiger partial charge in [-0.2, -0.15) is 0 Å². The lowest BCUT2D eigenvalue weighted by Crippen LogP contribution is -2.22. The average Bonchev–Trinajstić information content (AvgIpc) is 2.38. The van der Waals surface area contributed by atoms with E-state index in [2.05, 4.69) is 51.2 Å². The normalized spacial score (nSPS) is 12.7. The summed E-state index contributed by atoms with van der Waals surface area (Å²) < 4.78 is 5.34. The van der Waals surface area contributed by atoms with Crippen LogP contribution in [0.4, 0.5) is 0 Å². The molecule has 2 heteroatoms. The van der Waals surface area contributed by atoms with Crippen molar-refractivity contribution in [3.8, 4) is 5.75 Å². The summed E-state index contributed by atoms with van der Waals surface area (Å²) in [4.78, 5) is 0. The van der Waals surface area contributed by atoms with E-state index in [9.17, 15) is 0 Å². The maximum atomic E-state index is 5.34. The van der Waals surface area contributed by atoms with Crippen LogP contribution in [0.15, 0.2) is 18.2 Å². The number of nitrogens with one attached hydrogen (secondary N) is 1. The molecule has 0 aromatic heterocycles. The molecule has 0 radical (unpaired) electrons.